The van der Waals surface area contributed by atoms with Gasteiger partial charge in [0.25, 0.3) is 10.0 Å². The number of carbonyl (C=O) groups is 1. The first-order valence-corrected chi connectivity index (χ1v) is 13.5. The minimum absolute atomic E-state index is 0.126. The van der Waals surface area contributed by atoms with E-state index in [1.54, 1.807) is 61.4 Å². The van der Waals surface area contributed by atoms with Crippen molar-refractivity contribution in [1.29, 1.82) is 0 Å². The Labute approximate surface area is 217 Å². The van der Waals surface area contributed by atoms with E-state index in [2.05, 4.69) is 4.90 Å². The SMILES string of the molecule is COc1ccccc1N1CCN(C(=O)CN(c2cccc(Cl)c2C)S(=O)(=O)c2ccc(C)cc2)CC1. The number of nitrogens with zero attached hydrogens (tertiary/aromatic N) is 3. The first-order chi connectivity index (χ1) is 17.2. The van der Waals surface area contributed by atoms with Gasteiger partial charge in [-0.1, -0.05) is 47.5 Å². The molecule has 4 rings (SSSR count). The van der Waals surface area contributed by atoms with Crippen LogP contribution in [0.5, 0.6) is 5.75 Å². The molecule has 0 unspecified atom stereocenters. The standard InChI is InChI=1S/C27H30ClN3O4S/c1-20-11-13-22(14-12-20)36(33,34)31(24-9-6-7-23(28)21(24)2)19-27(32)30-17-15-29(16-18-30)25-8-4-5-10-26(25)35-3/h4-14H,15-19H2,1-3H3. The number of anilines is 2. The number of ether oxygens (including phenoxy) is 1. The van der Waals surface area contributed by atoms with E-state index in [-0.39, 0.29) is 17.3 Å². The van der Waals surface area contributed by atoms with Crippen LogP contribution >= 0.6 is 11.6 Å². The second-order valence-corrected chi connectivity index (χ2v) is 11.0. The summed E-state index contributed by atoms with van der Waals surface area (Å²) >= 11 is 6.33. The summed E-state index contributed by atoms with van der Waals surface area (Å²) in [6, 6.07) is 19.5. The number of benzene rings is 3. The lowest BCUT2D eigenvalue weighted by atomic mass is 10.2. The maximum Gasteiger partial charge on any atom is 0.264 e. The van der Waals surface area contributed by atoms with Crippen molar-refractivity contribution in [3.63, 3.8) is 0 Å². The molecule has 3 aromatic carbocycles. The molecule has 0 bridgehead atoms. The fraction of sp³-hybridized carbons (Fsp3) is 0.296. The summed E-state index contributed by atoms with van der Waals surface area (Å²) < 4.78 is 34.1. The zero-order valence-corrected chi connectivity index (χ0v) is 22.2. The van der Waals surface area contributed by atoms with Gasteiger partial charge >= 0.3 is 0 Å². The lowest BCUT2D eigenvalue weighted by molar-refractivity contribution is -0.129. The van der Waals surface area contributed by atoms with Crippen molar-refractivity contribution in [3.05, 3.63) is 82.9 Å². The van der Waals surface area contributed by atoms with Gasteiger partial charge in [0, 0.05) is 31.2 Å². The van der Waals surface area contributed by atoms with Gasteiger partial charge in [-0.2, -0.15) is 0 Å². The maximum absolute atomic E-state index is 13.7. The van der Waals surface area contributed by atoms with Crippen molar-refractivity contribution >= 4 is 38.9 Å². The number of piperazine rings is 1. The average Bonchev–Trinajstić information content (AvgIpc) is 2.89. The van der Waals surface area contributed by atoms with Crippen LogP contribution in [-0.2, 0) is 14.8 Å². The first kappa shape index (κ1) is 25.9. The molecule has 1 amide bonds. The molecule has 190 valence electrons. The summed E-state index contributed by atoms with van der Waals surface area (Å²) in [7, 11) is -2.37. The highest BCUT2D eigenvalue weighted by Crippen LogP contribution is 2.32. The molecule has 0 saturated carbocycles. The maximum atomic E-state index is 13.7. The summed E-state index contributed by atoms with van der Waals surface area (Å²) in [5, 5.41) is 0.439. The third-order valence-electron chi connectivity index (χ3n) is 6.45. The van der Waals surface area contributed by atoms with Crippen LogP contribution in [0.15, 0.2) is 71.6 Å². The molecule has 0 atom stereocenters. The van der Waals surface area contributed by atoms with Gasteiger partial charge in [-0.3, -0.25) is 9.10 Å². The molecule has 36 heavy (non-hydrogen) atoms. The van der Waals surface area contributed by atoms with Crippen LogP contribution < -0.4 is 13.9 Å². The normalized spacial score (nSPS) is 14.0. The molecule has 9 heteroatoms. The summed E-state index contributed by atoms with van der Waals surface area (Å²) in [6.45, 7) is 5.52. The van der Waals surface area contributed by atoms with Gasteiger partial charge in [-0.15, -0.1) is 0 Å². The number of methoxy groups -OCH3 is 1. The van der Waals surface area contributed by atoms with E-state index in [0.29, 0.717) is 42.5 Å². The highest BCUT2D eigenvalue weighted by molar-refractivity contribution is 7.92. The van der Waals surface area contributed by atoms with E-state index in [0.717, 1.165) is 17.0 Å². The lowest BCUT2D eigenvalue weighted by Crippen LogP contribution is -2.52. The van der Waals surface area contributed by atoms with E-state index in [1.165, 1.54) is 4.31 Å². The van der Waals surface area contributed by atoms with Crippen LogP contribution in [0.3, 0.4) is 0 Å². The highest BCUT2D eigenvalue weighted by atomic mass is 35.5. The zero-order valence-electron chi connectivity index (χ0n) is 20.6. The van der Waals surface area contributed by atoms with Gasteiger partial charge in [0.2, 0.25) is 5.91 Å². The van der Waals surface area contributed by atoms with Gasteiger partial charge in [0.15, 0.2) is 0 Å². The Morgan fingerprint density at radius 3 is 2.28 bits per heavy atom. The fourth-order valence-electron chi connectivity index (χ4n) is 4.31. The van der Waals surface area contributed by atoms with Crippen LogP contribution in [0.2, 0.25) is 5.02 Å². The molecule has 7 nitrogen and oxygen atoms in total. The molecule has 0 aromatic heterocycles. The first-order valence-electron chi connectivity index (χ1n) is 11.7. The number of halogens is 1. The fourth-order valence-corrected chi connectivity index (χ4v) is 5.96. The number of aryl methyl sites for hydroxylation is 1. The van der Waals surface area contributed by atoms with E-state index < -0.39 is 10.0 Å². The largest absolute Gasteiger partial charge is 0.495 e. The van der Waals surface area contributed by atoms with Gasteiger partial charge in [-0.05, 0) is 55.8 Å². The highest BCUT2D eigenvalue weighted by Gasteiger charge is 2.31. The molecule has 1 heterocycles. The molecule has 0 aliphatic carbocycles. The van der Waals surface area contributed by atoms with E-state index in [9.17, 15) is 13.2 Å². The second kappa shape index (κ2) is 10.8. The van der Waals surface area contributed by atoms with Crippen LogP contribution in [0, 0.1) is 13.8 Å². The Bertz CT molecular complexity index is 1340. The molecular formula is C27H30ClN3O4S. The number of hydrogen-bond acceptors (Lipinski definition) is 5. The van der Waals surface area contributed by atoms with Crippen molar-refractivity contribution in [3.8, 4) is 5.75 Å². The molecular weight excluding hydrogens is 498 g/mol. The van der Waals surface area contributed by atoms with Gasteiger partial charge < -0.3 is 14.5 Å². The zero-order chi connectivity index (χ0) is 25.9. The van der Waals surface area contributed by atoms with Crippen LogP contribution in [-0.4, -0.2) is 59.1 Å². The molecule has 1 aliphatic rings. The van der Waals surface area contributed by atoms with E-state index in [1.807, 2.05) is 31.2 Å². The number of amides is 1. The summed E-state index contributed by atoms with van der Waals surface area (Å²) in [4.78, 5) is 17.4. The number of sulfonamides is 1. The number of rotatable bonds is 7. The summed E-state index contributed by atoms with van der Waals surface area (Å²) in [5.41, 5.74) is 2.92. The van der Waals surface area contributed by atoms with Crippen molar-refractivity contribution in [2.75, 3.05) is 49.0 Å². The van der Waals surface area contributed by atoms with Crippen molar-refractivity contribution < 1.29 is 17.9 Å². The van der Waals surface area contributed by atoms with Crippen LogP contribution in [0.4, 0.5) is 11.4 Å². The van der Waals surface area contributed by atoms with Crippen molar-refractivity contribution in [2.45, 2.75) is 18.7 Å². The molecule has 1 saturated heterocycles. The monoisotopic (exact) mass is 527 g/mol. The Morgan fingerprint density at radius 1 is 0.944 bits per heavy atom. The van der Waals surface area contributed by atoms with Crippen molar-refractivity contribution in [1.82, 2.24) is 4.90 Å². The number of carbonyl (C=O) groups excluding carboxylic acids is 1. The minimum atomic E-state index is -4.01. The van der Waals surface area contributed by atoms with Gasteiger partial charge in [0.05, 0.1) is 23.4 Å². The van der Waals surface area contributed by atoms with Gasteiger partial charge in [-0.25, -0.2) is 8.42 Å². The summed E-state index contributed by atoms with van der Waals surface area (Å²) in [6.07, 6.45) is 0. The molecule has 0 radical (unpaired) electrons. The Morgan fingerprint density at radius 2 is 1.61 bits per heavy atom. The smallest absolute Gasteiger partial charge is 0.264 e. The molecule has 0 N–H and O–H groups in total. The number of hydrogen-bond donors (Lipinski definition) is 0. The second-order valence-electron chi connectivity index (χ2n) is 8.75. The van der Waals surface area contributed by atoms with E-state index in [4.69, 9.17) is 16.3 Å². The predicted octanol–water partition coefficient (Wildman–Crippen LogP) is 4.51. The third-order valence-corrected chi connectivity index (χ3v) is 8.64. The molecule has 1 aliphatic heterocycles. The number of para-hydroxylation sites is 2. The predicted molar refractivity (Wildman–Crippen MR) is 144 cm³/mol. The lowest BCUT2D eigenvalue weighted by Gasteiger charge is -2.37. The van der Waals surface area contributed by atoms with Crippen LogP contribution in [0.25, 0.3) is 0 Å². The molecule has 1 fully saturated rings. The van der Waals surface area contributed by atoms with Crippen molar-refractivity contribution in [2.24, 2.45) is 0 Å². The van der Waals surface area contributed by atoms with E-state index >= 15 is 0 Å². The third kappa shape index (κ3) is 5.29. The topological polar surface area (TPSA) is 70.2 Å². The molecule has 0 spiro atoms. The Hall–Kier alpha value is -3.23. The Balaban J connectivity index is 1.57. The Kier molecular flexibility index (Phi) is 7.76. The van der Waals surface area contributed by atoms with Gasteiger partial charge in [0.1, 0.15) is 12.3 Å². The minimum Gasteiger partial charge on any atom is -0.495 e. The average molecular weight is 528 g/mol. The van der Waals surface area contributed by atoms with Crippen LogP contribution in [0.1, 0.15) is 11.1 Å². The summed E-state index contributed by atoms with van der Waals surface area (Å²) in [5.74, 6) is 0.522. The molecule has 3 aromatic rings. The quantitative estimate of drug-likeness (QED) is 0.452.